The summed E-state index contributed by atoms with van der Waals surface area (Å²) < 4.78 is 36.4. The van der Waals surface area contributed by atoms with E-state index < -0.39 is 77.9 Å². The number of carbonyl (C=O) groups excluding carboxylic acids is 1. The molecule has 0 radical (unpaired) electrons. The highest BCUT2D eigenvalue weighted by atomic mass is 31.2. The Morgan fingerprint density at radius 2 is 1.45 bits per heavy atom. The average Bonchev–Trinajstić information content (AvgIpc) is 3.13. The van der Waals surface area contributed by atoms with Crippen LogP contribution in [0, 0.1) is 0 Å². The van der Waals surface area contributed by atoms with E-state index in [1.165, 1.54) is 67.2 Å². The number of carbonyl (C=O) groups is 1. The Morgan fingerprint density at radius 1 is 0.836 bits per heavy atom. The summed E-state index contributed by atoms with van der Waals surface area (Å²) in [4.78, 5) is 57.3. The number of aliphatic hydroxyl groups excluding tert-OH is 4. The van der Waals surface area contributed by atoms with Gasteiger partial charge in [-0.2, -0.15) is 0 Å². The maximum Gasteiger partial charge on any atom is 0.342 e. The fourth-order valence-electron chi connectivity index (χ4n) is 7.12. The van der Waals surface area contributed by atoms with Crippen LogP contribution >= 0.6 is 15.2 Å². The van der Waals surface area contributed by atoms with E-state index in [0.29, 0.717) is 26.1 Å². The molecule has 314 valence electrons. The lowest BCUT2D eigenvalue weighted by Gasteiger charge is -2.54. The summed E-state index contributed by atoms with van der Waals surface area (Å²) in [7, 11) is -8.59. The van der Waals surface area contributed by atoms with Gasteiger partial charge in [0.2, 0.25) is 0 Å². The molecule has 2 rings (SSSR count). The van der Waals surface area contributed by atoms with Gasteiger partial charge in [-0.25, -0.2) is 0 Å². The second kappa shape index (κ2) is 23.2. The van der Waals surface area contributed by atoms with E-state index in [4.69, 9.17) is 9.47 Å². The molecule has 0 bridgehead atoms. The maximum absolute atomic E-state index is 13.2. The maximum atomic E-state index is 13.2. The summed E-state index contributed by atoms with van der Waals surface area (Å²) in [6, 6.07) is 6.18. The number of rotatable bonds is 28. The van der Waals surface area contributed by atoms with E-state index >= 15 is 0 Å². The largest absolute Gasteiger partial charge is 0.507 e. The monoisotopic (exact) mass is 822 g/mol. The van der Waals surface area contributed by atoms with Gasteiger partial charge in [-0.3, -0.25) is 23.7 Å². The van der Waals surface area contributed by atoms with Crippen molar-refractivity contribution >= 4 is 21.0 Å². The van der Waals surface area contributed by atoms with Gasteiger partial charge in [0, 0.05) is 54.8 Å². The predicted molar refractivity (Wildman–Crippen MR) is 203 cm³/mol. The lowest BCUT2D eigenvalue weighted by Crippen LogP contribution is -2.67. The van der Waals surface area contributed by atoms with E-state index in [0.717, 1.165) is 0 Å². The first-order chi connectivity index (χ1) is 26.0. The Kier molecular flexibility index (Phi) is 20.6. The fourth-order valence-corrected chi connectivity index (χ4v) is 9.15. The van der Waals surface area contributed by atoms with E-state index in [9.17, 15) is 64.1 Å². The summed E-state index contributed by atoms with van der Waals surface area (Å²) in [6.07, 6.45) is -0.0418. The van der Waals surface area contributed by atoms with Crippen LogP contribution in [-0.2, 0) is 43.2 Å². The first-order valence-electron chi connectivity index (χ1n) is 18.2. The fraction of sp³-hybridized carbons (Fsp3) is 0.639. The van der Waals surface area contributed by atoms with Crippen LogP contribution in [0.1, 0.15) is 87.1 Å². The van der Waals surface area contributed by atoms with Crippen molar-refractivity contribution in [3.05, 3.63) is 58.7 Å². The zero-order valence-electron chi connectivity index (χ0n) is 31.8. The highest BCUT2D eigenvalue weighted by Crippen LogP contribution is 2.51. The molecule has 0 aliphatic carbocycles. The van der Waals surface area contributed by atoms with Crippen LogP contribution in [-0.4, -0.2) is 130 Å². The Labute approximate surface area is 322 Å². The summed E-state index contributed by atoms with van der Waals surface area (Å²) in [5.74, 6) is -2.45. The molecular formula is C36H60N2O15P2. The average molecular weight is 823 g/mol. The van der Waals surface area contributed by atoms with Crippen molar-refractivity contribution in [3.8, 4) is 11.5 Å². The topological polar surface area (TPSA) is 278 Å². The molecule has 0 aromatic heterocycles. The molecule has 17 nitrogen and oxygen atoms in total. The van der Waals surface area contributed by atoms with Gasteiger partial charge in [0.05, 0.1) is 57.8 Å². The number of phenols is 2. The minimum Gasteiger partial charge on any atom is -0.507 e. The first kappa shape index (κ1) is 48.8. The molecule has 0 spiro atoms. The number of methoxy groups -OCH3 is 1. The molecule has 4 unspecified atom stereocenters. The smallest absolute Gasteiger partial charge is 0.342 e. The lowest BCUT2D eigenvalue weighted by molar-refractivity contribution is -0.120. The molecule has 55 heavy (non-hydrogen) atoms. The zero-order chi connectivity index (χ0) is 41.4. The summed E-state index contributed by atoms with van der Waals surface area (Å²) >= 11 is 0. The molecule has 0 saturated carbocycles. The molecule has 0 aliphatic heterocycles. The Hall–Kier alpha value is -2.31. The van der Waals surface area contributed by atoms with Crippen LogP contribution in [0.15, 0.2) is 36.4 Å². The van der Waals surface area contributed by atoms with Crippen molar-refractivity contribution in [2.24, 2.45) is 0 Å². The van der Waals surface area contributed by atoms with Crippen molar-refractivity contribution in [2.75, 3.05) is 46.4 Å². The number of hydrogen-bond donors (Lipinski definition) is 10. The Bertz CT molecular complexity index is 1570. The normalized spacial score (nSPS) is 15.3. The van der Waals surface area contributed by atoms with Crippen molar-refractivity contribution in [2.45, 2.75) is 102 Å². The van der Waals surface area contributed by atoms with E-state index in [1.54, 1.807) is 0 Å². The SMILES string of the molecule is CCC(N(Cc1cccc(CO)c1O)C(CO)C(CO)(CCCCCC(=O)CCOCCOC)N(CP(=O)(O)O)C(C)c1cccc(CO)c1O)P(=O)(O)O. The predicted octanol–water partition coefficient (Wildman–Crippen LogP) is 2.66. The van der Waals surface area contributed by atoms with Crippen LogP contribution in [0.4, 0.5) is 0 Å². The Balaban J connectivity index is 2.78. The number of para-hydroxylation sites is 2. The number of nitrogens with zero attached hydrogens (tertiary/aromatic N) is 2. The van der Waals surface area contributed by atoms with Gasteiger partial charge in [0.15, 0.2) is 0 Å². The second-order valence-corrected chi connectivity index (χ2v) is 17.0. The minimum absolute atomic E-state index is 0.0569. The van der Waals surface area contributed by atoms with Gasteiger partial charge >= 0.3 is 15.2 Å². The van der Waals surface area contributed by atoms with Gasteiger partial charge in [0.25, 0.3) is 0 Å². The number of aromatic hydroxyl groups is 2. The van der Waals surface area contributed by atoms with E-state index in [1.807, 2.05) is 0 Å². The number of aliphatic hydroxyl groups is 4. The van der Waals surface area contributed by atoms with Crippen molar-refractivity contribution in [3.63, 3.8) is 0 Å². The minimum atomic E-state index is -5.08. The van der Waals surface area contributed by atoms with Crippen LogP contribution in [0.5, 0.6) is 11.5 Å². The third-order valence-corrected chi connectivity index (χ3v) is 12.1. The van der Waals surface area contributed by atoms with Gasteiger partial charge in [-0.15, -0.1) is 0 Å². The van der Waals surface area contributed by atoms with E-state index in [-0.39, 0.29) is 78.2 Å². The van der Waals surface area contributed by atoms with Crippen LogP contribution < -0.4 is 0 Å². The number of ether oxygens (including phenoxy) is 2. The number of Topliss-reactive ketones (excluding diaryl/α,β-unsaturated/α-hetero) is 1. The van der Waals surface area contributed by atoms with E-state index in [2.05, 4.69) is 0 Å². The molecular weight excluding hydrogens is 762 g/mol. The van der Waals surface area contributed by atoms with Gasteiger partial charge in [-0.1, -0.05) is 56.2 Å². The molecule has 2 aromatic carbocycles. The standard InChI is InChI=1S/C36H60N2O15P2/c1-4-33(55(49,50)51)37(20-27-10-8-11-28(21-39)34(27)44)32(23-41)36(24-42,16-7-5-6-13-30(43)15-17-53-19-18-52-3)38(25-54(46,47)48)26(2)31-14-9-12-29(22-40)35(31)45/h8-12,14,26,32-33,39-42,44-45H,4-7,13,15-25H2,1-3H3,(H2,46,47,48)(H2,49,50,51). The molecule has 2 aromatic rings. The molecule has 19 heteroatoms. The molecule has 0 fully saturated rings. The lowest BCUT2D eigenvalue weighted by atomic mass is 9.80. The number of benzene rings is 2. The third-order valence-electron chi connectivity index (χ3n) is 10.00. The first-order valence-corrected chi connectivity index (χ1v) is 21.7. The molecule has 0 amide bonds. The number of unbranched alkanes of at least 4 members (excludes halogenated alkanes) is 2. The van der Waals surface area contributed by atoms with Gasteiger partial charge in [-0.05, 0) is 26.2 Å². The summed E-state index contributed by atoms with van der Waals surface area (Å²) in [5.41, 5.74) is -1.49. The molecule has 4 atom stereocenters. The highest BCUT2D eigenvalue weighted by molar-refractivity contribution is 7.52. The molecule has 0 aliphatic rings. The van der Waals surface area contributed by atoms with Crippen molar-refractivity contribution < 1.29 is 73.6 Å². The van der Waals surface area contributed by atoms with Gasteiger partial charge < -0.3 is 59.7 Å². The zero-order valence-corrected chi connectivity index (χ0v) is 33.6. The van der Waals surface area contributed by atoms with Gasteiger partial charge in [0.1, 0.15) is 29.4 Å². The van der Waals surface area contributed by atoms with Crippen LogP contribution in [0.25, 0.3) is 0 Å². The quantitative estimate of drug-likeness (QED) is 0.0436. The summed E-state index contributed by atoms with van der Waals surface area (Å²) in [5, 5.41) is 64.7. The van der Waals surface area contributed by atoms with Crippen LogP contribution in [0.2, 0.25) is 0 Å². The number of hydrogen-bond acceptors (Lipinski definition) is 13. The highest BCUT2D eigenvalue weighted by Gasteiger charge is 2.52. The molecule has 0 saturated heterocycles. The second-order valence-electron chi connectivity index (χ2n) is 13.6. The van der Waals surface area contributed by atoms with Crippen molar-refractivity contribution in [1.29, 1.82) is 0 Å². The molecule has 10 N–H and O–H groups in total. The Morgan fingerprint density at radius 3 is 2.00 bits per heavy atom. The third kappa shape index (κ3) is 13.9. The summed E-state index contributed by atoms with van der Waals surface area (Å²) in [6.45, 7) is 0.534. The van der Waals surface area contributed by atoms with Crippen molar-refractivity contribution in [1.82, 2.24) is 9.80 Å². The number of ketones is 1. The van der Waals surface area contributed by atoms with Crippen LogP contribution in [0.3, 0.4) is 0 Å². The molecule has 0 heterocycles.